The predicted molar refractivity (Wildman–Crippen MR) is 54.9 cm³/mol. The molecule has 2 nitrogen and oxygen atoms in total. The number of halogens is 3. The summed E-state index contributed by atoms with van der Waals surface area (Å²) < 4.78 is 41.3. The Labute approximate surface area is 94.2 Å². The summed E-state index contributed by atoms with van der Waals surface area (Å²) in [6, 6.07) is 0. The lowest BCUT2D eigenvalue weighted by Crippen LogP contribution is -2.24. The van der Waals surface area contributed by atoms with Gasteiger partial charge in [0.05, 0.1) is 18.9 Å². The van der Waals surface area contributed by atoms with Crippen LogP contribution in [-0.2, 0) is 9.53 Å². The fourth-order valence-electron chi connectivity index (χ4n) is 1.37. The minimum absolute atomic E-state index is 0.216. The van der Waals surface area contributed by atoms with Gasteiger partial charge in [-0.25, -0.2) is 0 Å². The molecule has 0 radical (unpaired) electrons. The number of alkyl halides is 3. The van der Waals surface area contributed by atoms with Gasteiger partial charge in [-0.1, -0.05) is 26.7 Å². The van der Waals surface area contributed by atoms with Crippen molar-refractivity contribution in [1.82, 2.24) is 0 Å². The zero-order valence-electron chi connectivity index (χ0n) is 9.77. The van der Waals surface area contributed by atoms with Crippen molar-refractivity contribution >= 4 is 5.97 Å². The van der Waals surface area contributed by atoms with Gasteiger partial charge >= 0.3 is 12.1 Å². The molecule has 0 aliphatic carbocycles. The van der Waals surface area contributed by atoms with E-state index in [1.165, 1.54) is 0 Å². The second kappa shape index (κ2) is 7.52. The van der Waals surface area contributed by atoms with Crippen LogP contribution < -0.4 is 0 Å². The molecule has 0 fully saturated rings. The number of carbonyl (C=O) groups is 1. The van der Waals surface area contributed by atoms with Crippen LogP contribution in [0.4, 0.5) is 13.2 Å². The molecule has 0 saturated carbocycles. The largest absolute Gasteiger partial charge is 0.465 e. The lowest BCUT2D eigenvalue weighted by atomic mass is 10.00. The molecule has 0 aromatic carbocycles. The summed E-state index contributed by atoms with van der Waals surface area (Å²) in [5.74, 6) is -1.76. The third kappa shape index (κ3) is 7.54. The monoisotopic (exact) mass is 240 g/mol. The summed E-state index contributed by atoms with van der Waals surface area (Å²) in [6.07, 6.45) is -3.06. The van der Waals surface area contributed by atoms with Crippen molar-refractivity contribution in [2.75, 3.05) is 6.61 Å². The van der Waals surface area contributed by atoms with Crippen LogP contribution in [0.15, 0.2) is 0 Å². The molecule has 0 amide bonds. The van der Waals surface area contributed by atoms with E-state index >= 15 is 0 Å². The molecule has 96 valence electrons. The summed E-state index contributed by atoms with van der Waals surface area (Å²) in [6.45, 7) is 3.89. The van der Waals surface area contributed by atoms with Gasteiger partial charge in [0.25, 0.3) is 0 Å². The van der Waals surface area contributed by atoms with E-state index < -0.39 is 24.5 Å². The van der Waals surface area contributed by atoms with Gasteiger partial charge < -0.3 is 4.74 Å². The smallest absolute Gasteiger partial charge is 0.389 e. The van der Waals surface area contributed by atoms with Gasteiger partial charge in [0.1, 0.15) is 0 Å². The number of ether oxygens (including phenoxy) is 1. The Morgan fingerprint density at radius 2 is 1.88 bits per heavy atom. The number of carbonyl (C=O) groups excluding carboxylic acids is 1. The van der Waals surface area contributed by atoms with E-state index in [9.17, 15) is 18.0 Å². The minimum atomic E-state index is -4.30. The Morgan fingerprint density at radius 1 is 1.25 bits per heavy atom. The Hall–Kier alpha value is -0.740. The molecule has 0 aliphatic rings. The molecule has 0 saturated heterocycles. The average Bonchev–Trinajstić information content (AvgIpc) is 2.15. The lowest BCUT2D eigenvalue weighted by molar-refractivity contribution is -0.168. The minimum Gasteiger partial charge on any atom is -0.465 e. The maximum atomic E-state index is 12.2. The zero-order valence-corrected chi connectivity index (χ0v) is 9.77. The van der Waals surface area contributed by atoms with E-state index in [4.69, 9.17) is 4.74 Å². The van der Waals surface area contributed by atoms with E-state index in [0.29, 0.717) is 12.8 Å². The molecule has 1 unspecified atom stereocenters. The van der Waals surface area contributed by atoms with Gasteiger partial charge in [0, 0.05) is 0 Å². The van der Waals surface area contributed by atoms with Gasteiger partial charge in [-0.3, -0.25) is 4.79 Å². The second-order valence-electron chi connectivity index (χ2n) is 3.83. The maximum absolute atomic E-state index is 12.2. The van der Waals surface area contributed by atoms with Gasteiger partial charge in [0.2, 0.25) is 0 Å². The number of hydrogen-bond acceptors (Lipinski definition) is 2. The molecule has 0 rings (SSSR count). The maximum Gasteiger partial charge on any atom is 0.389 e. The van der Waals surface area contributed by atoms with Crippen molar-refractivity contribution in [2.24, 2.45) is 5.92 Å². The lowest BCUT2D eigenvalue weighted by Gasteiger charge is -2.16. The summed E-state index contributed by atoms with van der Waals surface area (Å²) in [5.41, 5.74) is 0. The van der Waals surface area contributed by atoms with Crippen LogP contribution in [0, 0.1) is 5.92 Å². The first-order valence-electron chi connectivity index (χ1n) is 5.64. The fourth-order valence-corrected chi connectivity index (χ4v) is 1.37. The molecule has 0 heterocycles. The summed E-state index contributed by atoms with van der Waals surface area (Å²) in [5, 5.41) is 0. The van der Waals surface area contributed by atoms with Crippen LogP contribution in [-0.4, -0.2) is 18.8 Å². The molecule has 0 N–H and O–H groups in total. The summed E-state index contributed by atoms with van der Waals surface area (Å²) in [4.78, 5) is 11.4. The molecule has 0 spiro atoms. The Kier molecular flexibility index (Phi) is 7.17. The van der Waals surface area contributed by atoms with Crippen LogP contribution in [0.2, 0.25) is 0 Å². The first kappa shape index (κ1) is 15.3. The number of esters is 1. The first-order valence-corrected chi connectivity index (χ1v) is 5.64. The Balaban J connectivity index is 4.13. The Bertz CT molecular complexity index is 202. The molecule has 0 aromatic heterocycles. The van der Waals surface area contributed by atoms with Gasteiger partial charge in [-0.15, -0.1) is 0 Å². The molecule has 1 atom stereocenters. The van der Waals surface area contributed by atoms with Crippen molar-refractivity contribution in [3.05, 3.63) is 0 Å². The third-order valence-electron chi connectivity index (χ3n) is 2.19. The van der Waals surface area contributed by atoms with E-state index in [-0.39, 0.29) is 13.0 Å². The molecule has 0 bridgehead atoms. The van der Waals surface area contributed by atoms with Crippen molar-refractivity contribution in [2.45, 2.75) is 52.1 Å². The normalized spacial score (nSPS) is 13.6. The van der Waals surface area contributed by atoms with Crippen LogP contribution in [0.3, 0.4) is 0 Å². The van der Waals surface area contributed by atoms with Crippen molar-refractivity contribution in [1.29, 1.82) is 0 Å². The van der Waals surface area contributed by atoms with Crippen LogP contribution in [0.25, 0.3) is 0 Å². The zero-order chi connectivity index (χ0) is 12.6. The quantitative estimate of drug-likeness (QED) is 0.501. The molecular formula is C11H19F3O2. The van der Waals surface area contributed by atoms with E-state index in [1.807, 2.05) is 6.92 Å². The predicted octanol–water partition coefficient (Wildman–Crippen LogP) is 3.70. The van der Waals surface area contributed by atoms with E-state index in [2.05, 4.69) is 0 Å². The SMILES string of the molecule is CCCCOC(=O)C(CCC)CC(F)(F)F. The van der Waals surface area contributed by atoms with Crippen molar-refractivity contribution in [3.8, 4) is 0 Å². The number of hydrogen-bond donors (Lipinski definition) is 0. The Morgan fingerprint density at radius 3 is 2.31 bits per heavy atom. The van der Waals surface area contributed by atoms with Crippen LogP contribution >= 0.6 is 0 Å². The molecule has 0 aromatic rings. The first-order chi connectivity index (χ1) is 7.40. The average molecular weight is 240 g/mol. The highest BCUT2D eigenvalue weighted by atomic mass is 19.4. The fraction of sp³-hybridized carbons (Fsp3) is 0.909. The third-order valence-corrected chi connectivity index (χ3v) is 2.19. The van der Waals surface area contributed by atoms with E-state index in [0.717, 1.165) is 6.42 Å². The molecule has 16 heavy (non-hydrogen) atoms. The number of unbranched alkanes of at least 4 members (excludes halogenated alkanes) is 1. The van der Waals surface area contributed by atoms with E-state index in [1.54, 1.807) is 6.92 Å². The number of rotatable bonds is 7. The van der Waals surface area contributed by atoms with Crippen molar-refractivity contribution < 1.29 is 22.7 Å². The molecular weight excluding hydrogens is 221 g/mol. The second-order valence-corrected chi connectivity index (χ2v) is 3.83. The summed E-state index contributed by atoms with van der Waals surface area (Å²) in [7, 11) is 0. The molecule has 0 aliphatic heterocycles. The van der Waals surface area contributed by atoms with Gasteiger partial charge in [0.15, 0.2) is 0 Å². The highest BCUT2D eigenvalue weighted by molar-refractivity contribution is 5.72. The van der Waals surface area contributed by atoms with Crippen molar-refractivity contribution in [3.63, 3.8) is 0 Å². The van der Waals surface area contributed by atoms with Gasteiger partial charge in [-0.2, -0.15) is 13.2 Å². The topological polar surface area (TPSA) is 26.3 Å². The van der Waals surface area contributed by atoms with Gasteiger partial charge in [-0.05, 0) is 12.8 Å². The van der Waals surface area contributed by atoms with Crippen LogP contribution in [0.1, 0.15) is 46.0 Å². The highest BCUT2D eigenvalue weighted by Crippen LogP contribution is 2.28. The standard InChI is InChI=1S/C11H19F3O2/c1-3-5-7-16-10(15)9(6-4-2)8-11(12,13)14/h9H,3-8H2,1-2H3. The highest BCUT2D eigenvalue weighted by Gasteiger charge is 2.35. The summed E-state index contributed by atoms with van der Waals surface area (Å²) >= 11 is 0. The van der Waals surface area contributed by atoms with Crippen LogP contribution in [0.5, 0.6) is 0 Å². The molecule has 5 heteroatoms.